The van der Waals surface area contributed by atoms with Crippen molar-refractivity contribution in [3.63, 3.8) is 0 Å². The predicted molar refractivity (Wildman–Crippen MR) is 81.7 cm³/mol. The highest BCUT2D eigenvalue weighted by molar-refractivity contribution is 6.28. The van der Waals surface area contributed by atoms with Gasteiger partial charge in [-0.2, -0.15) is 15.0 Å². The molecule has 0 unspecified atom stereocenters. The van der Waals surface area contributed by atoms with E-state index >= 15 is 0 Å². The summed E-state index contributed by atoms with van der Waals surface area (Å²) in [5.74, 6) is 1.01. The van der Waals surface area contributed by atoms with Crippen LogP contribution in [-0.2, 0) is 0 Å². The molecular formula is C14H23ClN4O2. The molecule has 2 rings (SSSR count). The zero-order valence-corrected chi connectivity index (χ0v) is 13.5. The molecule has 6 nitrogen and oxygen atoms in total. The Morgan fingerprint density at radius 3 is 2.62 bits per heavy atom. The fraction of sp³-hybridized carbons (Fsp3) is 0.786. The van der Waals surface area contributed by atoms with Gasteiger partial charge in [-0.3, -0.25) is 0 Å². The first kappa shape index (κ1) is 16.2. The Bertz CT molecular complexity index is 476. The lowest BCUT2D eigenvalue weighted by atomic mass is 9.79. The van der Waals surface area contributed by atoms with E-state index in [0.717, 1.165) is 25.7 Å². The van der Waals surface area contributed by atoms with Crippen LogP contribution in [0.1, 0.15) is 46.5 Å². The van der Waals surface area contributed by atoms with Crippen LogP contribution in [0.5, 0.6) is 6.01 Å². The van der Waals surface area contributed by atoms with E-state index in [0.29, 0.717) is 18.4 Å². The molecule has 1 aliphatic carbocycles. The minimum atomic E-state index is -0.704. The quantitative estimate of drug-likeness (QED) is 0.869. The van der Waals surface area contributed by atoms with E-state index in [-0.39, 0.29) is 17.4 Å². The zero-order chi connectivity index (χ0) is 15.5. The molecule has 0 aliphatic heterocycles. The summed E-state index contributed by atoms with van der Waals surface area (Å²) >= 11 is 5.86. The van der Waals surface area contributed by atoms with E-state index in [9.17, 15) is 5.11 Å². The van der Waals surface area contributed by atoms with Gasteiger partial charge in [-0.05, 0) is 57.0 Å². The molecule has 1 heterocycles. The highest BCUT2D eigenvalue weighted by Gasteiger charge is 2.31. The van der Waals surface area contributed by atoms with Crippen molar-refractivity contribution in [2.75, 3.05) is 11.9 Å². The predicted octanol–water partition coefficient (Wildman–Crippen LogP) is 2.67. The molecule has 21 heavy (non-hydrogen) atoms. The van der Waals surface area contributed by atoms with Gasteiger partial charge in [-0.15, -0.1) is 0 Å². The Kier molecular flexibility index (Phi) is 5.22. The molecule has 1 fully saturated rings. The summed E-state index contributed by atoms with van der Waals surface area (Å²) in [7, 11) is 0. The van der Waals surface area contributed by atoms with Crippen LogP contribution in [0.15, 0.2) is 0 Å². The summed E-state index contributed by atoms with van der Waals surface area (Å²) in [5.41, 5.74) is -0.704. The van der Waals surface area contributed by atoms with Crippen molar-refractivity contribution in [1.29, 1.82) is 0 Å². The fourth-order valence-electron chi connectivity index (χ4n) is 2.39. The summed E-state index contributed by atoms with van der Waals surface area (Å²) in [6.07, 6.45) is 3.61. The number of rotatable bonds is 5. The van der Waals surface area contributed by atoms with Crippen LogP contribution in [-0.4, -0.2) is 38.3 Å². The molecule has 7 heteroatoms. The van der Waals surface area contributed by atoms with Crippen molar-refractivity contribution in [3.8, 4) is 6.01 Å². The van der Waals surface area contributed by atoms with E-state index in [1.54, 1.807) is 0 Å². The Labute approximate surface area is 130 Å². The van der Waals surface area contributed by atoms with Gasteiger partial charge in [0.05, 0.1) is 11.7 Å². The minimum absolute atomic E-state index is 0.0414. The maximum atomic E-state index is 10.5. The van der Waals surface area contributed by atoms with Gasteiger partial charge in [0.15, 0.2) is 0 Å². The molecule has 0 aromatic carbocycles. The Hall–Kier alpha value is -1.14. The van der Waals surface area contributed by atoms with Crippen LogP contribution in [0.4, 0.5) is 5.95 Å². The molecule has 0 amide bonds. The molecule has 1 saturated carbocycles. The Morgan fingerprint density at radius 2 is 2.00 bits per heavy atom. The fourth-order valence-corrected chi connectivity index (χ4v) is 2.55. The highest BCUT2D eigenvalue weighted by atomic mass is 35.5. The lowest BCUT2D eigenvalue weighted by Gasteiger charge is -2.34. The van der Waals surface area contributed by atoms with E-state index < -0.39 is 5.60 Å². The van der Waals surface area contributed by atoms with Crippen LogP contribution in [0, 0.1) is 5.92 Å². The highest BCUT2D eigenvalue weighted by Crippen LogP contribution is 2.31. The molecule has 0 radical (unpaired) electrons. The van der Waals surface area contributed by atoms with Gasteiger partial charge in [0.1, 0.15) is 0 Å². The van der Waals surface area contributed by atoms with E-state index in [4.69, 9.17) is 16.3 Å². The largest absolute Gasteiger partial charge is 0.461 e. The Balaban J connectivity index is 1.97. The van der Waals surface area contributed by atoms with Gasteiger partial charge < -0.3 is 15.2 Å². The molecule has 0 bridgehead atoms. The molecule has 1 aromatic heterocycles. The van der Waals surface area contributed by atoms with Crippen molar-refractivity contribution in [2.24, 2.45) is 5.92 Å². The maximum Gasteiger partial charge on any atom is 0.322 e. The van der Waals surface area contributed by atoms with Crippen LogP contribution >= 0.6 is 11.6 Å². The maximum absolute atomic E-state index is 10.5. The van der Waals surface area contributed by atoms with Crippen molar-refractivity contribution >= 4 is 17.5 Å². The molecule has 118 valence electrons. The minimum Gasteiger partial charge on any atom is -0.461 e. The first-order valence-corrected chi connectivity index (χ1v) is 7.78. The molecule has 0 saturated heterocycles. The molecule has 1 aliphatic rings. The second kappa shape index (κ2) is 6.75. The number of aliphatic hydroxyl groups is 1. The molecule has 1 aromatic rings. The van der Waals surface area contributed by atoms with Gasteiger partial charge in [0, 0.05) is 6.54 Å². The summed E-state index contributed by atoms with van der Waals surface area (Å²) in [5, 5.41) is 13.7. The lowest BCUT2D eigenvalue weighted by Crippen LogP contribution is -2.40. The summed E-state index contributed by atoms with van der Waals surface area (Å²) in [4.78, 5) is 12.1. The lowest BCUT2D eigenvalue weighted by molar-refractivity contribution is 0.00485. The van der Waals surface area contributed by atoms with Gasteiger partial charge in [-0.25, -0.2) is 0 Å². The van der Waals surface area contributed by atoms with Gasteiger partial charge >= 0.3 is 6.01 Å². The first-order chi connectivity index (χ1) is 9.86. The van der Waals surface area contributed by atoms with Crippen molar-refractivity contribution in [2.45, 2.75) is 58.2 Å². The SMILES string of the molecule is CC1CCC(O)(CNc2nc(Cl)nc(OC(C)C)n2)CC1. The summed E-state index contributed by atoms with van der Waals surface area (Å²) in [6.45, 7) is 6.39. The summed E-state index contributed by atoms with van der Waals surface area (Å²) < 4.78 is 5.42. The van der Waals surface area contributed by atoms with Crippen molar-refractivity contribution in [1.82, 2.24) is 15.0 Å². The molecule has 0 spiro atoms. The van der Waals surface area contributed by atoms with Crippen molar-refractivity contribution in [3.05, 3.63) is 5.28 Å². The third kappa shape index (κ3) is 4.97. The third-order valence-corrected chi connectivity index (χ3v) is 3.88. The third-order valence-electron chi connectivity index (χ3n) is 3.71. The number of hydrogen-bond acceptors (Lipinski definition) is 6. The summed E-state index contributed by atoms with van der Waals surface area (Å²) in [6, 6.07) is 0.191. The second-order valence-corrected chi connectivity index (χ2v) is 6.48. The van der Waals surface area contributed by atoms with Gasteiger partial charge in [-0.1, -0.05) is 6.92 Å². The van der Waals surface area contributed by atoms with Crippen LogP contribution in [0.3, 0.4) is 0 Å². The number of nitrogens with zero attached hydrogens (tertiary/aromatic N) is 3. The number of hydrogen-bond donors (Lipinski definition) is 2. The van der Waals surface area contributed by atoms with E-state index in [1.165, 1.54) is 0 Å². The van der Waals surface area contributed by atoms with Crippen LogP contribution < -0.4 is 10.1 Å². The zero-order valence-electron chi connectivity index (χ0n) is 12.8. The van der Waals surface area contributed by atoms with Crippen LogP contribution in [0.25, 0.3) is 0 Å². The molecule has 2 N–H and O–H groups in total. The molecule has 0 atom stereocenters. The monoisotopic (exact) mass is 314 g/mol. The average molecular weight is 315 g/mol. The van der Waals surface area contributed by atoms with E-state index in [2.05, 4.69) is 27.2 Å². The number of aromatic nitrogens is 3. The van der Waals surface area contributed by atoms with Gasteiger partial charge in [0.2, 0.25) is 11.2 Å². The standard InChI is InChI=1S/C14H23ClN4O2/c1-9(2)21-13-18-11(15)17-12(19-13)16-8-14(20)6-4-10(3)5-7-14/h9-10,20H,4-8H2,1-3H3,(H,16,17,18,19). The number of nitrogens with one attached hydrogen (secondary N) is 1. The van der Waals surface area contributed by atoms with Gasteiger partial charge in [0.25, 0.3) is 0 Å². The molecular weight excluding hydrogens is 292 g/mol. The number of halogens is 1. The second-order valence-electron chi connectivity index (χ2n) is 6.14. The van der Waals surface area contributed by atoms with Crippen LogP contribution in [0.2, 0.25) is 5.28 Å². The Morgan fingerprint density at radius 1 is 1.33 bits per heavy atom. The van der Waals surface area contributed by atoms with E-state index in [1.807, 2.05) is 13.8 Å². The normalized spacial score (nSPS) is 25.9. The topological polar surface area (TPSA) is 80.2 Å². The number of ether oxygens (including phenoxy) is 1. The first-order valence-electron chi connectivity index (χ1n) is 7.41. The van der Waals surface area contributed by atoms with Crippen molar-refractivity contribution < 1.29 is 9.84 Å². The number of anilines is 1. The smallest absolute Gasteiger partial charge is 0.322 e. The average Bonchev–Trinajstić information content (AvgIpc) is 2.39.